The predicted octanol–water partition coefficient (Wildman–Crippen LogP) is 5.53. The maximum absolute atomic E-state index is 12.7. The fourth-order valence-electron chi connectivity index (χ4n) is 3.64. The van der Waals surface area contributed by atoms with Gasteiger partial charge in [-0.05, 0) is 61.6 Å². The van der Waals surface area contributed by atoms with Gasteiger partial charge in [0.15, 0.2) is 0 Å². The molecule has 2 aromatic rings. The number of nitrogens with zero attached hydrogens (tertiary/aromatic N) is 1. The first-order valence-electron chi connectivity index (χ1n) is 10.7. The second-order valence-electron chi connectivity index (χ2n) is 9.46. The molecule has 1 aromatic heterocycles. The van der Waals surface area contributed by atoms with Crippen molar-refractivity contribution in [1.29, 1.82) is 0 Å². The molecule has 162 valence electrons. The number of piperidine rings is 1. The highest BCUT2D eigenvalue weighted by Gasteiger charge is 2.23. The predicted molar refractivity (Wildman–Crippen MR) is 125 cm³/mol. The number of anilines is 2. The summed E-state index contributed by atoms with van der Waals surface area (Å²) in [5.74, 6) is 0.560. The first-order valence-corrected chi connectivity index (χ1v) is 11.5. The number of benzene rings is 1. The standard InChI is InChI=1S/C24H33N3O2S/c1-16-7-6-12-27(14-16)15-18-8-10-19(11-9-18)25-22(28)21-17(2)13-20(30-21)26-23(29)24(3,4)5/h8-11,13,16H,6-7,12,14-15H2,1-5H3,(H,25,28)(H,26,29). The van der Waals surface area contributed by atoms with Crippen LogP contribution in [0.1, 0.15) is 61.3 Å². The molecule has 0 bridgehead atoms. The lowest BCUT2D eigenvalue weighted by Crippen LogP contribution is -2.33. The van der Waals surface area contributed by atoms with Crippen molar-refractivity contribution in [2.24, 2.45) is 11.3 Å². The molecule has 1 aromatic carbocycles. The number of carbonyl (C=O) groups excluding carboxylic acids is 2. The van der Waals surface area contributed by atoms with E-state index in [-0.39, 0.29) is 11.8 Å². The van der Waals surface area contributed by atoms with Gasteiger partial charge < -0.3 is 10.6 Å². The highest BCUT2D eigenvalue weighted by atomic mass is 32.1. The summed E-state index contributed by atoms with van der Waals surface area (Å²) in [6.07, 6.45) is 2.60. The van der Waals surface area contributed by atoms with Gasteiger partial charge in [-0.25, -0.2) is 0 Å². The fraction of sp³-hybridized carbons (Fsp3) is 0.500. The van der Waals surface area contributed by atoms with Crippen LogP contribution in [0.5, 0.6) is 0 Å². The summed E-state index contributed by atoms with van der Waals surface area (Å²) < 4.78 is 0. The zero-order valence-electron chi connectivity index (χ0n) is 18.7. The van der Waals surface area contributed by atoms with Crippen molar-refractivity contribution in [3.8, 4) is 0 Å². The van der Waals surface area contributed by atoms with Crippen molar-refractivity contribution in [2.45, 2.75) is 54.0 Å². The van der Waals surface area contributed by atoms with Crippen LogP contribution >= 0.6 is 11.3 Å². The Kier molecular flexibility index (Phi) is 6.98. The van der Waals surface area contributed by atoms with Crippen LogP contribution in [0.3, 0.4) is 0 Å². The van der Waals surface area contributed by atoms with Crippen LogP contribution < -0.4 is 10.6 Å². The molecule has 2 amide bonds. The molecule has 5 nitrogen and oxygen atoms in total. The van der Waals surface area contributed by atoms with Gasteiger partial charge in [0, 0.05) is 24.2 Å². The van der Waals surface area contributed by atoms with Crippen molar-refractivity contribution in [2.75, 3.05) is 23.7 Å². The number of thiophene rings is 1. The second-order valence-corrected chi connectivity index (χ2v) is 10.5. The van der Waals surface area contributed by atoms with E-state index in [9.17, 15) is 9.59 Å². The van der Waals surface area contributed by atoms with Gasteiger partial charge in [0.25, 0.3) is 5.91 Å². The van der Waals surface area contributed by atoms with E-state index in [1.807, 2.05) is 45.9 Å². The molecule has 1 saturated heterocycles. The zero-order valence-corrected chi connectivity index (χ0v) is 19.5. The number of hydrogen-bond donors (Lipinski definition) is 2. The largest absolute Gasteiger partial charge is 0.321 e. The van der Waals surface area contributed by atoms with E-state index in [0.717, 1.165) is 36.8 Å². The Hall–Kier alpha value is -2.18. The van der Waals surface area contributed by atoms with Crippen LogP contribution in [-0.4, -0.2) is 29.8 Å². The van der Waals surface area contributed by atoms with Crippen molar-refractivity contribution >= 4 is 33.8 Å². The average Bonchev–Trinajstić information content (AvgIpc) is 3.03. The molecule has 1 atom stereocenters. The Bertz CT molecular complexity index is 896. The van der Waals surface area contributed by atoms with Gasteiger partial charge in [0.2, 0.25) is 5.91 Å². The molecule has 1 aliphatic rings. The number of hydrogen-bond acceptors (Lipinski definition) is 4. The quantitative estimate of drug-likeness (QED) is 0.660. The molecular weight excluding hydrogens is 394 g/mol. The van der Waals surface area contributed by atoms with Crippen molar-refractivity contribution < 1.29 is 9.59 Å². The van der Waals surface area contributed by atoms with Gasteiger partial charge in [-0.15, -0.1) is 11.3 Å². The number of carbonyl (C=O) groups is 2. The SMILES string of the molecule is Cc1cc(NC(=O)C(C)(C)C)sc1C(=O)Nc1ccc(CN2CCCC(C)C2)cc1. The minimum Gasteiger partial charge on any atom is -0.321 e. The van der Waals surface area contributed by atoms with E-state index in [1.54, 1.807) is 0 Å². The second kappa shape index (κ2) is 9.31. The van der Waals surface area contributed by atoms with Gasteiger partial charge in [0.05, 0.1) is 9.88 Å². The molecular formula is C24H33N3O2S. The maximum atomic E-state index is 12.7. The lowest BCUT2D eigenvalue weighted by Gasteiger charge is -2.30. The van der Waals surface area contributed by atoms with Crippen LogP contribution in [0.4, 0.5) is 10.7 Å². The Balaban J connectivity index is 1.60. The Morgan fingerprint density at radius 2 is 1.87 bits per heavy atom. The molecule has 0 spiro atoms. The van der Waals surface area contributed by atoms with Gasteiger partial charge >= 0.3 is 0 Å². The molecule has 30 heavy (non-hydrogen) atoms. The van der Waals surface area contributed by atoms with Crippen molar-refractivity contribution in [3.63, 3.8) is 0 Å². The monoisotopic (exact) mass is 427 g/mol. The lowest BCUT2D eigenvalue weighted by molar-refractivity contribution is -0.123. The Labute approximate surface area is 183 Å². The fourth-order valence-corrected chi connectivity index (χ4v) is 4.60. The zero-order chi connectivity index (χ0) is 21.9. The molecule has 3 rings (SSSR count). The van der Waals surface area contributed by atoms with Crippen LogP contribution in [0, 0.1) is 18.3 Å². The third kappa shape index (κ3) is 5.92. The highest BCUT2D eigenvalue weighted by molar-refractivity contribution is 7.18. The smallest absolute Gasteiger partial charge is 0.266 e. The maximum Gasteiger partial charge on any atom is 0.266 e. The van der Waals surface area contributed by atoms with E-state index in [0.29, 0.717) is 9.88 Å². The van der Waals surface area contributed by atoms with E-state index >= 15 is 0 Å². The molecule has 0 radical (unpaired) electrons. The molecule has 0 aliphatic carbocycles. The van der Waals surface area contributed by atoms with Crippen molar-refractivity contribution in [3.05, 3.63) is 46.3 Å². The van der Waals surface area contributed by atoms with Crippen LogP contribution in [0.2, 0.25) is 0 Å². The molecule has 2 N–H and O–H groups in total. The number of rotatable bonds is 5. The summed E-state index contributed by atoms with van der Waals surface area (Å²) in [6.45, 7) is 13.1. The van der Waals surface area contributed by atoms with E-state index in [2.05, 4.69) is 34.6 Å². The number of amides is 2. The molecule has 6 heteroatoms. The van der Waals surface area contributed by atoms with Gasteiger partial charge in [-0.2, -0.15) is 0 Å². The Morgan fingerprint density at radius 3 is 2.50 bits per heavy atom. The summed E-state index contributed by atoms with van der Waals surface area (Å²) in [4.78, 5) is 28.1. The lowest BCUT2D eigenvalue weighted by atomic mass is 9.96. The van der Waals surface area contributed by atoms with E-state index in [1.165, 1.54) is 29.7 Å². The van der Waals surface area contributed by atoms with Crippen LogP contribution in [0.25, 0.3) is 0 Å². The summed E-state index contributed by atoms with van der Waals surface area (Å²) in [5, 5.41) is 6.58. The van der Waals surface area contributed by atoms with E-state index < -0.39 is 5.41 Å². The topological polar surface area (TPSA) is 61.4 Å². The van der Waals surface area contributed by atoms with Crippen LogP contribution in [0.15, 0.2) is 30.3 Å². The highest BCUT2D eigenvalue weighted by Crippen LogP contribution is 2.29. The van der Waals surface area contributed by atoms with E-state index in [4.69, 9.17) is 0 Å². The summed E-state index contributed by atoms with van der Waals surface area (Å²) in [7, 11) is 0. The molecule has 1 unspecified atom stereocenters. The van der Waals surface area contributed by atoms with Gasteiger partial charge in [0.1, 0.15) is 0 Å². The summed E-state index contributed by atoms with van der Waals surface area (Å²) >= 11 is 1.31. The average molecular weight is 428 g/mol. The number of nitrogens with one attached hydrogen (secondary N) is 2. The minimum absolute atomic E-state index is 0.0607. The third-order valence-corrected chi connectivity index (χ3v) is 6.55. The molecule has 1 aliphatic heterocycles. The third-order valence-electron chi connectivity index (χ3n) is 5.40. The summed E-state index contributed by atoms with van der Waals surface area (Å²) in [6, 6.07) is 9.96. The first kappa shape index (κ1) is 22.5. The van der Waals surface area contributed by atoms with Gasteiger partial charge in [-0.1, -0.05) is 39.8 Å². The van der Waals surface area contributed by atoms with Crippen LogP contribution in [-0.2, 0) is 11.3 Å². The normalized spacial score (nSPS) is 17.6. The number of aryl methyl sites for hydroxylation is 1. The number of likely N-dealkylation sites (tertiary alicyclic amines) is 1. The first-order chi connectivity index (χ1) is 14.1. The molecule has 0 saturated carbocycles. The molecule has 1 fully saturated rings. The van der Waals surface area contributed by atoms with Crippen molar-refractivity contribution in [1.82, 2.24) is 4.90 Å². The summed E-state index contributed by atoms with van der Waals surface area (Å²) in [5.41, 5.74) is 2.43. The molecule has 2 heterocycles. The van der Waals surface area contributed by atoms with Gasteiger partial charge in [-0.3, -0.25) is 14.5 Å². The Morgan fingerprint density at radius 1 is 1.17 bits per heavy atom. The minimum atomic E-state index is -0.478.